The van der Waals surface area contributed by atoms with Crippen molar-refractivity contribution in [3.63, 3.8) is 0 Å². The minimum atomic E-state index is -4.26. The van der Waals surface area contributed by atoms with E-state index in [0.29, 0.717) is 35.8 Å². The lowest BCUT2D eigenvalue weighted by Crippen LogP contribution is -2.35. The third-order valence-electron chi connectivity index (χ3n) is 9.09. The van der Waals surface area contributed by atoms with Crippen LogP contribution in [0.15, 0.2) is 36.4 Å². The molecule has 0 aromatic heterocycles. The summed E-state index contributed by atoms with van der Waals surface area (Å²) in [6.45, 7) is 2.23. The van der Waals surface area contributed by atoms with E-state index < -0.39 is 41.2 Å². The van der Waals surface area contributed by atoms with Gasteiger partial charge in [0, 0.05) is 23.9 Å². The molecule has 0 heterocycles. The monoisotopic (exact) mass is 588 g/mol. The van der Waals surface area contributed by atoms with Gasteiger partial charge in [0.25, 0.3) is 5.92 Å². The van der Waals surface area contributed by atoms with Gasteiger partial charge in [0.05, 0.1) is 0 Å². The Morgan fingerprint density at radius 1 is 0.775 bits per heavy atom. The Balaban J connectivity index is 1.29. The molecule has 0 saturated heterocycles. The van der Waals surface area contributed by atoms with Gasteiger partial charge in [0.15, 0.2) is 17.4 Å². The summed E-state index contributed by atoms with van der Waals surface area (Å²) in [6.07, 6.45) is 12.7. The topological polar surface area (TPSA) is 9.23 Å². The van der Waals surface area contributed by atoms with Gasteiger partial charge in [0.2, 0.25) is 0 Å². The van der Waals surface area contributed by atoms with E-state index >= 15 is 8.78 Å². The fraction of sp³-hybridized carbons (Fsp3) is 0.625. The second-order valence-electron chi connectivity index (χ2n) is 11.8. The van der Waals surface area contributed by atoms with Gasteiger partial charge in [-0.05, 0) is 85.1 Å². The molecular formula is C32H39ClF6O. The average molecular weight is 589 g/mol. The van der Waals surface area contributed by atoms with Crippen LogP contribution >= 0.6 is 11.6 Å². The molecular weight excluding hydrogens is 550 g/mol. The lowest BCUT2D eigenvalue weighted by molar-refractivity contribution is -0.101. The second-order valence-corrected chi connectivity index (χ2v) is 12.3. The van der Waals surface area contributed by atoms with Crippen LogP contribution in [0.25, 0.3) is 11.1 Å². The molecule has 40 heavy (non-hydrogen) atoms. The Morgan fingerprint density at radius 2 is 1.32 bits per heavy atom. The van der Waals surface area contributed by atoms with E-state index in [9.17, 15) is 17.6 Å². The van der Waals surface area contributed by atoms with Crippen molar-refractivity contribution in [3.8, 4) is 16.9 Å². The molecule has 1 nitrogen and oxygen atoms in total. The van der Waals surface area contributed by atoms with Gasteiger partial charge in [0.1, 0.15) is 0 Å². The molecule has 2 aliphatic rings. The predicted molar refractivity (Wildman–Crippen MR) is 147 cm³/mol. The van der Waals surface area contributed by atoms with Crippen molar-refractivity contribution >= 4 is 11.6 Å². The molecule has 4 rings (SSSR count). The van der Waals surface area contributed by atoms with Crippen LogP contribution in [-0.4, -0.2) is 11.5 Å². The lowest BCUT2D eigenvalue weighted by Gasteiger charge is -2.39. The summed E-state index contributed by atoms with van der Waals surface area (Å²) >= 11 is 4.61. The van der Waals surface area contributed by atoms with Crippen molar-refractivity contribution < 1.29 is 31.1 Å². The molecule has 2 fully saturated rings. The van der Waals surface area contributed by atoms with Crippen molar-refractivity contribution in [1.82, 2.24) is 0 Å². The van der Waals surface area contributed by atoms with Gasteiger partial charge < -0.3 is 4.74 Å². The number of hydrogen-bond acceptors (Lipinski definition) is 1. The van der Waals surface area contributed by atoms with Crippen LogP contribution in [0.1, 0.15) is 89.5 Å². The smallest absolute Gasteiger partial charge is 0.414 e. The van der Waals surface area contributed by atoms with Crippen LogP contribution in [0, 0.1) is 35.3 Å². The number of halogens is 7. The van der Waals surface area contributed by atoms with Gasteiger partial charge in [-0.15, -0.1) is 8.78 Å². The lowest BCUT2D eigenvalue weighted by atomic mass is 9.67. The van der Waals surface area contributed by atoms with Crippen molar-refractivity contribution in [1.29, 1.82) is 0 Å². The van der Waals surface area contributed by atoms with Crippen molar-refractivity contribution in [2.75, 3.05) is 0 Å². The summed E-state index contributed by atoms with van der Waals surface area (Å²) in [4.78, 5) is 0. The molecule has 0 bridgehead atoms. The van der Waals surface area contributed by atoms with Gasteiger partial charge in [-0.2, -0.15) is 0 Å². The molecule has 0 radical (unpaired) electrons. The number of unbranched alkanes of at least 4 members (excludes halogenated alkanes) is 2. The molecule has 0 amide bonds. The van der Waals surface area contributed by atoms with Crippen LogP contribution in [0.5, 0.6) is 5.75 Å². The molecule has 0 aliphatic heterocycles. The summed E-state index contributed by atoms with van der Waals surface area (Å²) < 4.78 is 88.4. The highest BCUT2D eigenvalue weighted by molar-refractivity contribution is 6.20. The first-order valence-electron chi connectivity index (χ1n) is 14.7. The maximum Gasteiger partial charge on any atom is 0.487 e. The fourth-order valence-corrected chi connectivity index (χ4v) is 6.89. The normalized spacial score (nSPS) is 24.2. The highest BCUT2D eigenvalue weighted by Crippen LogP contribution is 2.46. The first-order chi connectivity index (χ1) is 18.9. The number of ether oxygens (including phenoxy) is 1. The average Bonchev–Trinajstić information content (AvgIpc) is 2.91. The molecule has 2 aromatic carbocycles. The molecule has 0 unspecified atom stereocenters. The molecule has 222 valence electrons. The molecule has 2 aliphatic carbocycles. The highest BCUT2D eigenvalue weighted by Gasteiger charge is 2.42. The van der Waals surface area contributed by atoms with E-state index in [0.717, 1.165) is 30.9 Å². The zero-order valence-electron chi connectivity index (χ0n) is 23.0. The molecule has 2 aromatic rings. The van der Waals surface area contributed by atoms with Crippen LogP contribution in [0.4, 0.5) is 26.3 Å². The zero-order chi connectivity index (χ0) is 28.9. The quantitative estimate of drug-likeness (QED) is 0.144. The summed E-state index contributed by atoms with van der Waals surface area (Å²) in [5.74, 6) is -5.36. The zero-order valence-corrected chi connectivity index (χ0v) is 23.8. The van der Waals surface area contributed by atoms with E-state index in [1.54, 1.807) is 0 Å². The van der Waals surface area contributed by atoms with Gasteiger partial charge >= 0.3 is 5.57 Å². The minimum absolute atomic E-state index is 0.0619. The number of rotatable bonds is 11. The largest absolute Gasteiger partial charge is 0.487 e. The van der Waals surface area contributed by atoms with E-state index in [-0.39, 0.29) is 5.56 Å². The number of benzene rings is 2. The Hall–Kier alpha value is -1.89. The standard InChI is InChI=1S/C32H39ClF6O/c1-2-3-4-5-21-6-10-23(11-7-21)24-14-16-27(17-15-24)31(36,37)20-22-8-12-25(13-9-22)26-18-28(34)30(29(35)19-26)40-32(33,38)39/h8-9,12-13,18-19,21,23-24,27H,2-7,10-11,14-17,20H2,1H3. The number of alkyl halides is 5. The van der Waals surface area contributed by atoms with Crippen molar-refractivity contribution in [2.24, 2.45) is 23.7 Å². The minimum Gasteiger partial charge on any atom is -0.414 e. The van der Waals surface area contributed by atoms with Crippen molar-refractivity contribution in [3.05, 3.63) is 53.6 Å². The van der Waals surface area contributed by atoms with E-state index in [4.69, 9.17) is 0 Å². The second kappa shape index (κ2) is 13.4. The Kier molecular flexibility index (Phi) is 10.4. The molecule has 8 heteroatoms. The van der Waals surface area contributed by atoms with Gasteiger partial charge in [-0.3, -0.25) is 0 Å². The maximum absolute atomic E-state index is 15.3. The molecule has 0 atom stereocenters. The summed E-state index contributed by atoms with van der Waals surface area (Å²) in [5, 5.41) is 0. The first-order valence-corrected chi connectivity index (χ1v) is 15.0. The van der Waals surface area contributed by atoms with E-state index in [1.807, 2.05) is 0 Å². The third kappa shape index (κ3) is 8.33. The molecule has 0 N–H and O–H groups in total. The number of hydrogen-bond donors (Lipinski definition) is 0. The molecule has 0 spiro atoms. The SMILES string of the molecule is CCCCCC1CCC(C2CCC(C(F)(F)Cc3ccc(-c4cc(F)c(OC(F)(F)Cl)c(F)c4)cc3)CC2)CC1. The third-order valence-corrected chi connectivity index (χ3v) is 9.16. The Labute approximate surface area is 238 Å². The van der Waals surface area contributed by atoms with Crippen LogP contribution in [0.2, 0.25) is 0 Å². The maximum atomic E-state index is 15.3. The Bertz CT molecular complexity index is 1060. The van der Waals surface area contributed by atoms with Crippen LogP contribution in [-0.2, 0) is 6.42 Å². The van der Waals surface area contributed by atoms with Gasteiger partial charge in [-0.1, -0.05) is 69.7 Å². The van der Waals surface area contributed by atoms with Crippen molar-refractivity contribution in [2.45, 2.75) is 102 Å². The predicted octanol–water partition coefficient (Wildman–Crippen LogP) is 11.2. The summed E-state index contributed by atoms with van der Waals surface area (Å²) in [6, 6.07) is 7.68. The highest BCUT2D eigenvalue weighted by atomic mass is 35.5. The van der Waals surface area contributed by atoms with E-state index in [1.165, 1.54) is 75.6 Å². The van der Waals surface area contributed by atoms with Crippen LogP contribution < -0.4 is 4.74 Å². The Morgan fingerprint density at radius 3 is 1.85 bits per heavy atom. The van der Waals surface area contributed by atoms with Crippen LogP contribution in [0.3, 0.4) is 0 Å². The molecule has 2 saturated carbocycles. The fourth-order valence-electron chi connectivity index (χ4n) is 6.82. The van der Waals surface area contributed by atoms with E-state index in [2.05, 4.69) is 23.3 Å². The summed E-state index contributed by atoms with van der Waals surface area (Å²) in [5.41, 5.74) is -3.41. The first kappa shape index (κ1) is 31.1. The summed E-state index contributed by atoms with van der Waals surface area (Å²) in [7, 11) is 0. The van der Waals surface area contributed by atoms with Gasteiger partial charge in [-0.25, -0.2) is 17.6 Å².